The van der Waals surface area contributed by atoms with Crippen LogP contribution in [-0.2, 0) is 0 Å². The van der Waals surface area contributed by atoms with Gasteiger partial charge in [-0.1, -0.05) is 66.7 Å². The number of nitrogens with zero attached hydrogens (tertiary/aromatic N) is 1. The van der Waals surface area contributed by atoms with E-state index in [4.69, 9.17) is 0 Å². The highest BCUT2D eigenvalue weighted by Gasteiger charge is 2.19. The molecule has 1 N–H and O–H groups in total. The number of hydrogen-bond acceptors (Lipinski definition) is 0. The molecule has 0 unspecified atom stereocenters. The Morgan fingerprint density at radius 2 is 1.17 bits per heavy atom. The van der Waals surface area contributed by atoms with Crippen LogP contribution in [0.1, 0.15) is 0 Å². The first kappa shape index (κ1) is 14.9. The molecule has 3 aromatic heterocycles. The van der Waals surface area contributed by atoms with E-state index in [1.165, 1.54) is 70.7 Å². The third-order valence-corrected chi connectivity index (χ3v) is 6.85. The van der Waals surface area contributed by atoms with Crippen LogP contribution in [0.4, 0.5) is 0 Å². The zero-order valence-corrected chi connectivity index (χ0v) is 16.1. The van der Waals surface area contributed by atoms with Crippen LogP contribution < -0.4 is 0 Å². The molecule has 5 aromatic carbocycles. The first-order valence-corrected chi connectivity index (χ1v) is 10.4. The molecule has 138 valence electrons. The molecule has 2 nitrogen and oxygen atoms in total. The van der Waals surface area contributed by atoms with Gasteiger partial charge in [0.25, 0.3) is 0 Å². The number of benzene rings is 5. The van der Waals surface area contributed by atoms with Crippen molar-refractivity contribution in [3.63, 3.8) is 0 Å². The van der Waals surface area contributed by atoms with Crippen molar-refractivity contribution in [3.05, 3.63) is 91.0 Å². The summed E-state index contributed by atoms with van der Waals surface area (Å²) in [6.07, 6.45) is 0. The molecule has 0 atom stereocenters. The Balaban J connectivity index is 1.70. The van der Waals surface area contributed by atoms with E-state index in [-0.39, 0.29) is 0 Å². The van der Waals surface area contributed by atoms with Gasteiger partial charge in [-0.15, -0.1) is 0 Å². The molecule has 0 saturated heterocycles. The zero-order chi connectivity index (χ0) is 19.4. The van der Waals surface area contributed by atoms with Gasteiger partial charge in [0.1, 0.15) is 0 Å². The van der Waals surface area contributed by atoms with E-state index in [0.29, 0.717) is 0 Å². The van der Waals surface area contributed by atoms with Gasteiger partial charge in [0, 0.05) is 43.4 Å². The summed E-state index contributed by atoms with van der Waals surface area (Å²) < 4.78 is 2.45. The predicted octanol–water partition coefficient (Wildman–Crippen LogP) is 7.62. The highest BCUT2D eigenvalue weighted by atomic mass is 14.9. The maximum absolute atomic E-state index is 3.59. The molecule has 8 rings (SSSR count). The van der Waals surface area contributed by atoms with E-state index in [1.807, 2.05) is 0 Å². The van der Waals surface area contributed by atoms with Crippen molar-refractivity contribution in [2.45, 2.75) is 0 Å². The highest BCUT2D eigenvalue weighted by molar-refractivity contribution is 6.32. The molecular formula is C28H16N2. The van der Waals surface area contributed by atoms with Crippen LogP contribution in [0.3, 0.4) is 0 Å². The second-order valence-corrected chi connectivity index (χ2v) is 8.27. The minimum absolute atomic E-state index is 1.19. The minimum Gasteiger partial charge on any atom is -0.354 e. The Morgan fingerprint density at radius 1 is 0.433 bits per heavy atom. The molecule has 0 aliphatic rings. The molecule has 0 saturated carbocycles. The molecular weight excluding hydrogens is 364 g/mol. The summed E-state index contributed by atoms with van der Waals surface area (Å²) in [4.78, 5) is 3.59. The van der Waals surface area contributed by atoms with E-state index < -0.39 is 0 Å². The SMILES string of the molecule is c1ccc2c(c1)[nH]c1ccc3c(ccc4c3c3cccc5c6ccccc6n4c53)c12. The van der Waals surface area contributed by atoms with Crippen molar-refractivity contribution in [1.82, 2.24) is 9.38 Å². The molecule has 0 radical (unpaired) electrons. The number of para-hydroxylation sites is 3. The van der Waals surface area contributed by atoms with Crippen LogP contribution in [0.5, 0.6) is 0 Å². The molecule has 0 aliphatic heterocycles. The molecule has 8 aromatic rings. The number of rotatable bonds is 0. The standard InChI is InChI=1S/C28H16N2/c1-3-10-22-20(7-1)26-17-13-15-25-27(18(17)12-14-23(26)29-22)21-9-5-8-19-16-6-2-4-11-24(16)30(25)28(19)21/h1-15,29H. The number of hydrogen-bond donors (Lipinski definition) is 1. The van der Waals surface area contributed by atoms with Gasteiger partial charge in [-0.3, -0.25) is 0 Å². The summed E-state index contributed by atoms with van der Waals surface area (Å²) in [6, 6.07) is 33.2. The third kappa shape index (κ3) is 1.56. The van der Waals surface area contributed by atoms with Crippen LogP contribution >= 0.6 is 0 Å². The van der Waals surface area contributed by atoms with Crippen molar-refractivity contribution in [3.8, 4) is 0 Å². The van der Waals surface area contributed by atoms with Gasteiger partial charge in [0.2, 0.25) is 0 Å². The van der Waals surface area contributed by atoms with Gasteiger partial charge in [0.05, 0.1) is 16.6 Å². The molecule has 2 heteroatoms. The topological polar surface area (TPSA) is 20.2 Å². The number of aromatic nitrogens is 2. The van der Waals surface area contributed by atoms with Gasteiger partial charge >= 0.3 is 0 Å². The normalized spacial score (nSPS) is 12.7. The molecule has 0 amide bonds. The fourth-order valence-corrected chi connectivity index (χ4v) is 5.68. The van der Waals surface area contributed by atoms with Crippen LogP contribution in [0.25, 0.3) is 70.7 Å². The minimum atomic E-state index is 1.19. The van der Waals surface area contributed by atoms with Crippen LogP contribution in [0.15, 0.2) is 91.0 Å². The van der Waals surface area contributed by atoms with Gasteiger partial charge in [-0.25, -0.2) is 0 Å². The van der Waals surface area contributed by atoms with Gasteiger partial charge in [0.15, 0.2) is 0 Å². The van der Waals surface area contributed by atoms with E-state index in [0.717, 1.165) is 0 Å². The second kappa shape index (κ2) is 4.92. The lowest BCUT2D eigenvalue weighted by Crippen LogP contribution is -1.82. The summed E-state index contributed by atoms with van der Waals surface area (Å²) in [7, 11) is 0. The number of fused-ring (bicyclic) bond motifs is 12. The maximum atomic E-state index is 3.59. The number of H-pyrrole nitrogens is 1. The van der Waals surface area contributed by atoms with E-state index in [1.54, 1.807) is 0 Å². The van der Waals surface area contributed by atoms with Gasteiger partial charge < -0.3 is 9.38 Å². The van der Waals surface area contributed by atoms with Crippen LogP contribution in [-0.4, -0.2) is 9.38 Å². The summed E-state index contributed by atoms with van der Waals surface area (Å²) >= 11 is 0. The fraction of sp³-hybridized carbons (Fsp3) is 0. The van der Waals surface area contributed by atoms with Gasteiger partial charge in [-0.05, 0) is 35.0 Å². The van der Waals surface area contributed by atoms with Crippen molar-refractivity contribution < 1.29 is 0 Å². The van der Waals surface area contributed by atoms with Crippen LogP contribution in [0, 0.1) is 0 Å². The highest BCUT2D eigenvalue weighted by Crippen LogP contribution is 2.43. The zero-order valence-electron chi connectivity index (χ0n) is 16.1. The lowest BCUT2D eigenvalue weighted by Gasteiger charge is -2.05. The second-order valence-electron chi connectivity index (χ2n) is 8.27. The molecule has 30 heavy (non-hydrogen) atoms. The van der Waals surface area contributed by atoms with Crippen molar-refractivity contribution >= 4 is 70.7 Å². The Kier molecular flexibility index (Phi) is 2.44. The lowest BCUT2D eigenvalue weighted by molar-refractivity contribution is 1.37. The monoisotopic (exact) mass is 380 g/mol. The number of aromatic amines is 1. The van der Waals surface area contributed by atoms with E-state index in [9.17, 15) is 0 Å². The van der Waals surface area contributed by atoms with Crippen molar-refractivity contribution in [1.29, 1.82) is 0 Å². The summed E-state index contributed by atoms with van der Waals surface area (Å²) in [5.74, 6) is 0. The fourth-order valence-electron chi connectivity index (χ4n) is 5.68. The first-order chi connectivity index (χ1) is 14.9. The average Bonchev–Trinajstić information content (AvgIpc) is 3.45. The van der Waals surface area contributed by atoms with E-state index >= 15 is 0 Å². The molecule has 0 bridgehead atoms. The van der Waals surface area contributed by atoms with Crippen LogP contribution in [0.2, 0.25) is 0 Å². The Hall–Kier alpha value is -4.04. The van der Waals surface area contributed by atoms with E-state index in [2.05, 4.69) is 100 Å². The largest absolute Gasteiger partial charge is 0.354 e. The Labute approximate surface area is 171 Å². The van der Waals surface area contributed by atoms with Crippen molar-refractivity contribution in [2.75, 3.05) is 0 Å². The molecule has 0 aliphatic carbocycles. The summed E-state index contributed by atoms with van der Waals surface area (Å²) in [5, 5.41) is 10.6. The summed E-state index contributed by atoms with van der Waals surface area (Å²) in [5.41, 5.74) is 6.30. The molecule has 0 spiro atoms. The predicted molar refractivity (Wildman–Crippen MR) is 128 cm³/mol. The maximum Gasteiger partial charge on any atom is 0.0620 e. The Morgan fingerprint density at radius 3 is 2.13 bits per heavy atom. The van der Waals surface area contributed by atoms with Gasteiger partial charge in [-0.2, -0.15) is 0 Å². The summed E-state index contributed by atoms with van der Waals surface area (Å²) in [6.45, 7) is 0. The van der Waals surface area contributed by atoms with Crippen molar-refractivity contribution in [2.24, 2.45) is 0 Å². The molecule has 3 heterocycles. The smallest absolute Gasteiger partial charge is 0.0620 e. The number of nitrogens with one attached hydrogen (secondary N) is 1. The lowest BCUT2D eigenvalue weighted by atomic mass is 9.99. The third-order valence-electron chi connectivity index (χ3n) is 6.85. The quantitative estimate of drug-likeness (QED) is 0.279. The Bertz CT molecular complexity index is 1950. The molecule has 0 fully saturated rings. The average molecular weight is 380 g/mol. The first-order valence-electron chi connectivity index (χ1n) is 10.4.